The molecule has 1 atom stereocenters. The summed E-state index contributed by atoms with van der Waals surface area (Å²) in [7, 11) is 1.83. The summed E-state index contributed by atoms with van der Waals surface area (Å²) in [5, 5.41) is 15.2. The minimum atomic E-state index is 0.248. The summed E-state index contributed by atoms with van der Waals surface area (Å²) >= 11 is 0. The zero-order chi connectivity index (χ0) is 12.5. The van der Waals surface area contributed by atoms with Gasteiger partial charge in [0.15, 0.2) is 0 Å². The van der Waals surface area contributed by atoms with Crippen LogP contribution in [0, 0.1) is 5.92 Å². The maximum absolute atomic E-state index is 8.98. The Morgan fingerprint density at radius 2 is 2.06 bits per heavy atom. The number of nitrogens with zero attached hydrogens (tertiary/aromatic N) is 2. The topological polar surface area (TPSA) is 70.1 Å². The Kier molecular flexibility index (Phi) is 6.32. The van der Waals surface area contributed by atoms with Gasteiger partial charge in [-0.3, -0.25) is 0 Å². The third-order valence-electron chi connectivity index (χ3n) is 2.73. The molecular weight excluding hydrogens is 216 g/mol. The SMILES string of the molecule is CCCC(CCO)CNc1cc(NC)ncn1. The van der Waals surface area contributed by atoms with Crippen LogP contribution in [0.25, 0.3) is 0 Å². The van der Waals surface area contributed by atoms with Crippen molar-refractivity contribution in [3.63, 3.8) is 0 Å². The smallest absolute Gasteiger partial charge is 0.131 e. The maximum atomic E-state index is 8.98. The molecule has 96 valence electrons. The molecule has 5 nitrogen and oxygen atoms in total. The molecule has 0 aliphatic rings. The molecule has 0 saturated carbocycles. The molecule has 0 aliphatic carbocycles. The number of rotatable bonds is 8. The molecular formula is C12H22N4O. The third kappa shape index (κ3) is 4.99. The maximum Gasteiger partial charge on any atom is 0.131 e. The minimum absolute atomic E-state index is 0.248. The number of aliphatic hydroxyl groups is 1. The molecule has 17 heavy (non-hydrogen) atoms. The molecule has 0 bridgehead atoms. The first-order chi connectivity index (χ1) is 8.30. The van der Waals surface area contributed by atoms with Crippen molar-refractivity contribution >= 4 is 11.6 Å². The highest BCUT2D eigenvalue weighted by Crippen LogP contribution is 2.13. The van der Waals surface area contributed by atoms with Crippen molar-refractivity contribution in [1.29, 1.82) is 0 Å². The van der Waals surface area contributed by atoms with E-state index >= 15 is 0 Å². The van der Waals surface area contributed by atoms with E-state index in [9.17, 15) is 0 Å². The van der Waals surface area contributed by atoms with Crippen LogP contribution in [-0.4, -0.2) is 35.3 Å². The van der Waals surface area contributed by atoms with Crippen LogP contribution in [0.1, 0.15) is 26.2 Å². The zero-order valence-electron chi connectivity index (χ0n) is 10.6. The monoisotopic (exact) mass is 238 g/mol. The fraction of sp³-hybridized carbons (Fsp3) is 0.667. The lowest BCUT2D eigenvalue weighted by Gasteiger charge is -2.16. The van der Waals surface area contributed by atoms with Gasteiger partial charge in [0.25, 0.3) is 0 Å². The lowest BCUT2D eigenvalue weighted by molar-refractivity contribution is 0.255. The number of hydrogen-bond donors (Lipinski definition) is 3. The Hall–Kier alpha value is -1.36. The molecule has 0 aliphatic heterocycles. The summed E-state index contributed by atoms with van der Waals surface area (Å²) in [4.78, 5) is 8.21. The molecule has 3 N–H and O–H groups in total. The van der Waals surface area contributed by atoms with Crippen molar-refractivity contribution in [1.82, 2.24) is 9.97 Å². The van der Waals surface area contributed by atoms with Gasteiger partial charge in [-0.1, -0.05) is 13.3 Å². The second kappa shape index (κ2) is 7.84. The van der Waals surface area contributed by atoms with Gasteiger partial charge in [0.05, 0.1) is 0 Å². The quantitative estimate of drug-likeness (QED) is 0.643. The summed E-state index contributed by atoms with van der Waals surface area (Å²) in [5.74, 6) is 2.12. The highest BCUT2D eigenvalue weighted by molar-refractivity contribution is 5.45. The Balaban J connectivity index is 2.46. The lowest BCUT2D eigenvalue weighted by Crippen LogP contribution is -2.16. The number of anilines is 2. The van der Waals surface area contributed by atoms with Crippen LogP contribution in [0.15, 0.2) is 12.4 Å². The lowest BCUT2D eigenvalue weighted by atomic mass is 10.0. The van der Waals surface area contributed by atoms with Gasteiger partial charge in [0.1, 0.15) is 18.0 Å². The largest absolute Gasteiger partial charge is 0.396 e. The van der Waals surface area contributed by atoms with E-state index in [1.807, 2.05) is 13.1 Å². The normalized spacial score (nSPS) is 12.2. The van der Waals surface area contributed by atoms with E-state index in [1.54, 1.807) is 0 Å². The van der Waals surface area contributed by atoms with Crippen LogP contribution in [-0.2, 0) is 0 Å². The Bertz CT molecular complexity index is 313. The summed E-state index contributed by atoms with van der Waals surface area (Å²) in [6, 6.07) is 1.88. The van der Waals surface area contributed by atoms with E-state index in [0.717, 1.165) is 37.4 Å². The summed E-state index contributed by atoms with van der Waals surface area (Å²) in [5.41, 5.74) is 0. The molecule has 0 aromatic carbocycles. The predicted octanol–water partition coefficient (Wildman–Crippen LogP) is 1.73. The van der Waals surface area contributed by atoms with Crippen molar-refractivity contribution in [3.8, 4) is 0 Å². The molecule has 1 unspecified atom stereocenters. The Morgan fingerprint density at radius 1 is 1.29 bits per heavy atom. The van der Waals surface area contributed by atoms with Crippen molar-refractivity contribution < 1.29 is 5.11 Å². The number of aromatic nitrogens is 2. The Morgan fingerprint density at radius 3 is 2.71 bits per heavy atom. The van der Waals surface area contributed by atoms with Gasteiger partial charge in [-0.2, -0.15) is 0 Å². The van der Waals surface area contributed by atoms with Gasteiger partial charge >= 0.3 is 0 Å². The molecule has 0 saturated heterocycles. The predicted molar refractivity (Wildman–Crippen MR) is 70.2 cm³/mol. The highest BCUT2D eigenvalue weighted by Gasteiger charge is 2.07. The molecule has 0 amide bonds. The van der Waals surface area contributed by atoms with Gasteiger partial charge < -0.3 is 15.7 Å². The summed E-state index contributed by atoms with van der Waals surface area (Å²) in [6.07, 6.45) is 4.63. The van der Waals surface area contributed by atoms with Crippen molar-refractivity contribution in [3.05, 3.63) is 12.4 Å². The van der Waals surface area contributed by atoms with Crippen molar-refractivity contribution in [2.24, 2.45) is 5.92 Å². The van der Waals surface area contributed by atoms with Crippen molar-refractivity contribution in [2.75, 3.05) is 30.8 Å². The van der Waals surface area contributed by atoms with Crippen molar-refractivity contribution in [2.45, 2.75) is 26.2 Å². The summed E-state index contributed by atoms with van der Waals surface area (Å²) in [6.45, 7) is 3.25. The average molecular weight is 238 g/mol. The second-order valence-electron chi connectivity index (χ2n) is 4.09. The molecule has 0 fully saturated rings. The number of hydrogen-bond acceptors (Lipinski definition) is 5. The number of nitrogens with one attached hydrogen (secondary N) is 2. The molecule has 1 aromatic rings. The van der Waals surface area contributed by atoms with E-state index in [0.29, 0.717) is 5.92 Å². The first-order valence-corrected chi connectivity index (χ1v) is 6.14. The standard InChI is InChI=1S/C12H22N4O/c1-3-4-10(5-6-17)8-14-12-7-11(13-2)15-9-16-12/h7,9-10,17H,3-6,8H2,1-2H3,(H2,13,14,15,16). The molecule has 0 spiro atoms. The van der Waals surface area contributed by atoms with Crippen LogP contribution in [0.3, 0.4) is 0 Å². The second-order valence-corrected chi connectivity index (χ2v) is 4.09. The van der Waals surface area contributed by atoms with E-state index in [2.05, 4.69) is 27.5 Å². The van der Waals surface area contributed by atoms with Gasteiger partial charge in [-0.25, -0.2) is 9.97 Å². The third-order valence-corrected chi connectivity index (χ3v) is 2.73. The molecule has 1 rings (SSSR count). The molecule has 0 radical (unpaired) electrons. The number of aliphatic hydroxyl groups excluding tert-OH is 1. The van der Waals surface area contributed by atoms with E-state index < -0.39 is 0 Å². The van der Waals surface area contributed by atoms with E-state index in [4.69, 9.17) is 5.11 Å². The van der Waals surface area contributed by atoms with Gasteiger partial charge in [0.2, 0.25) is 0 Å². The van der Waals surface area contributed by atoms with E-state index in [-0.39, 0.29) is 6.61 Å². The van der Waals surface area contributed by atoms with Crippen LogP contribution in [0.4, 0.5) is 11.6 Å². The fourth-order valence-corrected chi connectivity index (χ4v) is 1.78. The van der Waals surface area contributed by atoms with E-state index in [1.165, 1.54) is 6.33 Å². The van der Waals surface area contributed by atoms with Gasteiger partial charge in [0, 0.05) is 26.3 Å². The first kappa shape index (κ1) is 13.7. The first-order valence-electron chi connectivity index (χ1n) is 6.14. The zero-order valence-corrected chi connectivity index (χ0v) is 10.6. The van der Waals surface area contributed by atoms with Crippen LogP contribution < -0.4 is 10.6 Å². The fourth-order valence-electron chi connectivity index (χ4n) is 1.78. The van der Waals surface area contributed by atoms with Crippen LogP contribution >= 0.6 is 0 Å². The van der Waals surface area contributed by atoms with Gasteiger partial charge in [-0.15, -0.1) is 0 Å². The van der Waals surface area contributed by atoms with Gasteiger partial charge in [-0.05, 0) is 18.8 Å². The molecule has 5 heteroatoms. The highest BCUT2D eigenvalue weighted by atomic mass is 16.3. The molecule has 1 aromatic heterocycles. The summed E-state index contributed by atoms with van der Waals surface area (Å²) < 4.78 is 0. The minimum Gasteiger partial charge on any atom is -0.396 e. The van der Waals surface area contributed by atoms with Crippen LogP contribution in [0.2, 0.25) is 0 Å². The Labute approximate surface area is 103 Å². The molecule has 1 heterocycles. The average Bonchev–Trinajstić information content (AvgIpc) is 2.37. The van der Waals surface area contributed by atoms with Crippen LogP contribution in [0.5, 0.6) is 0 Å².